The molecule has 27 heavy (non-hydrogen) atoms. The molecule has 5 rings (SSSR count). The molecule has 3 aliphatic rings. The summed E-state index contributed by atoms with van der Waals surface area (Å²) in [5.74, 6) is 1.97. The summed E-state index contributed by atoms with van der Waals surface area (Å²) in [6.45, 7) is 4.83. The van der Waals surface area contributed by atoms with Crippen LogP contribution in [-0.2, 0) is 14.2 Å². The Labute approximate surface area is 157 Å². The predicted octanol–water partition coefficient (Wildman–Crippen LogP) is 0.519. The second kappa shape index (κ2) is 6.91. The van der Waals surface area contributed by atoms with Crippen LogP contribution in [-0.4, -0.2) is 73.3 Å². The van der Waals surface area contributed by atoms with Gasteiger partial charge in [-0.15, -0.1) is 0 Å². The topological polar surface area (TPSA) is 98.9 Å². The van der Waals surface area contributed by atoms with Crippen LogP contribution < -0.4 is 15.5 Å². The van der Waals surface area contributed by atoms with Crippen LogP contribution in [0.2, 0.25) is 0 Å². The van der Waals surface area contributed by atoms with Crippen molar-refractivity contribution >= 4 is 17.6 Å². The van der Waals surface area contributed by atoms with Crippen molar-refractivity contribution in [1.29, 1.82) is 0 Å². The molecule has 9 nitrogen and oxygen atoms in total. The standard InChI is InChI=1S/C18H22N6O3/c19-13-3-1-12(2-4-13)16-20-17(23-5-7-25-8-6-23)22-18(21-16)24-9-14-11-26-15(10-24)27-14/h1-4,14-15H,5-11,19H2. The van der Waals surface area contributed by atoms with Crippen LogP contribution in [0.4, 0.5) is 17.6 Å². The molecule has 0 aliphatic carbocycles. The van der Waals surface area contributed by atoms with E-state index in [1.807, 2.05) is 24.3 Å². The number of fused-ring (bicyclic) bond motifs is 2. The first kappa shape index (κ1) is 16.7. The fourth-order valence-electron chi connectivity index (χ4n) is 3.52. The van der Waals surface area contributed by atoms with Crippen LogP contribution in [0.1, 0.15) is 0 Å². The van der Waals surface area contributed by atoms with Gasteiger partial charge in [-0.1, -0.05) is 0 Å². The van der Waals surface area contributed by atoms with Gasteiger partial charge in [-0.05, 0) is 24.3 Å². The average molecular weight is 370 g/mol. The Kier molecular flexibility index (Phi) is 4.27. The van der Waals surface area contributed by atoms with E-state index < -0.39 is 0 Å². The third kappa shape index (κ3) is 3.41. The molecule has 3 fully saturated rings. The van der Waals surface area contributed by atoms with Crippen LogP contribution in [0.15, 0.2) is 24.3 Å². The molecule has 1 aromatic heterocycles. The van der Waals surface area contributed by atoms with Crippen molar-refractivity contribution in [1.82, 2.24) is 15.0 Å². The van der Waals surface area contributed by atoms with E-state index in [0.29, 0.717) is 56.3 Å². The number of benzene rings is 1. The molecule has 0 spiro atoms. The van der Waals surface area contributed by atoms with E-state index in [1.54, 1.807) is 0 Å². The highest BCUT2D eigenvalue weighted by Gasteiger charge is 2.36. The van der Waals surface area contributed by atoms with Gasteiger partial charge in [0.15, 0.2) is 12.1 Å². The lowest BCUT2D eigenvalue weighted by Crippen LogP contribution is -2.44. The Morgan fingerprint density at radius 1 is 0.926 bits per heavy atom. The SMILES string of the molecule is Nc1ccc(-c2nc(N3CCOCC3)nc(N3CC4COC(C3)O4)n2)cc1. The fraction of sp³-hybridized carbons (Fsp3) is 0.500. The van der Waals surface area contributed by atoms with Crippen molar-refractivity contribution in [2.24, 2.45) is 0 Å². The summed E-state index contributed by atoms with van der Waals surface area (Å²) in [7, 11) is 0. The number of nitrogens with zero attached hydrogens (tertiary/aromatic N) is 5. The number of aromatic nitrogens is 3. The monoisotopic (exact) mass is 370 g/mol. The highest BCUT2D eigenvalue weighted by molar-refractivity contribution is 5.61. The van der Waals surface area contributed by atoms with E-state index in [1.165, 1.54) is 0 Å². The van der Waals surface area contributed by atoms with Gasteiger partial charge < -0.3 is 29.7 Å². The highest BCUT2D eigenvalue weighted by Crippen LogP contribution is 2.27. The maximum Gasteiger partial charge on any atom is 0.230 e. The number of anilines is 3. The number of rotatable bonds is 3. The highest BCUT2D eigenvalue weighted by atomic mass is 16.7. The first-order valence-electron chi connectivity index (χ1n) is 9.21. The summed E-state index contributed by atoms with van der Waals surface area (Å²) in [6.07, 6.45) is -0.153. The lowest BCUT2D eigenvalue weighted by Gasteiger charge is -2.32. The van der Waals surface area contributed by atoms with Crippen LogP contribution in [0, 0.1) is 0 Å². The molecule has 9 heteroatoms. The molecule has 3 saturated heterocycles. The van der Waals surface area contributed by atoms with Gasteiger partial charge in [0, 0.05) is 30.9 Å². The van der Waals surface area contributed by atoms with Crippen LogP contribution in [0.5, 0.6) is 0 Å². The van der Waals surface area contributed by atoms with Gasteiger partial charge in [0.1, 0.15) is 6.10 Å². The van der Waals surface area contributed by atoms with Crippen LogP contribution >= 0.6 is 0 Å². The smallest absolute Gasteiger partial charge is 0.230 e. The quantitative estimate of drug-likeness (QED) is 0.775. The van der Waals surface area contributed by atoms with E-state index in [0.717, 1.165) is 18.7 Å². The largest absolute Gasteiger partial charge is 0.399 e. The Hall–Kier alpha value is -2.49. The van der Waals surface area contributed by atoms with Gasteiger partial charge in [-0.3, -0.25) is 0 Å². The molecule has 2 atom stereocenters. The van der Waals surface area contributed by atoms with Crippen molar-refractivity contribution in [3.8, 4) is 11.4 Å². The van der Waals surface area contributed by atoms with Crippen molar-refractivity contribution in [3.05, 3.63) is 24.3 Å². The Balaban J connectivity index is 1.52. The van der Waals surface area contributed by atoms with Crippen molar-refractivity contribution in [2.45, 2.75) is 12.4 Å². The minimum absolute atomic E-state index is 0.0623. The molecule has 2 bridgehead atoms. The third-order valence-electron chi connectivity index (χ3n) is 4.96. The Bertz CT molecular complexity index is 799. The summed E-state index contributed by atoms with van der Waals surface area (Å²) in [6, 6.07) is 7.58. The lowest BCUT2D eigenvalue weighted by atomic mass is 10.2. The predicted molar refractivity (Wildman–Crippen MR) is 99.5 cm³/mol. The van der Waals surface area contributed by atoms with Gasteiger partial charge >= 0.3 is 0 Å². The summed E-state index contributed by atoms with van der Waals surface area (Å²) in [5, 5.41) is 0. The van der Waals surface area contributed by atoms with E-state index in [4.69, 9.17) is 34.9 Å². The van der Waals surface area contributed by atoms with Gasteiger partial charge in [0.2, 0.25) is 11.9 Å². The molecular formula is C18H22N6O3. The lowest BCUT2D eigenvalue weighted by molar-refractivity contribution is -0.0628. The van der Waals surface area contributed by atoms with E-state index in [2.05, 4.69) is 9.80 Å². The first-order chi connectivity index (χ1) is 13.2. The Morgan fingerprint density at radius 3 is 2.41 bits per heavy atom. The average Bonchev–Trinajstić information content (AvgIpc) is 3.06. The third-order valence-corrected chi connectivity index (χ3v) is 4.96. The van der Waals surface area contributed by atoms with Gasteiger partial charge in [-0.2, -0.15) is 15.0 Å². The van der Waals surface area contributed by atoms with E-state index >= 15 is 0 Å². The molecule has 2 unspecified atom stereocenters. The van der Waals surface area contributed by atoms with Crippen molar-refractivity contribution < 1.29 is 14.2 Å². The second-order valence-electron chi connectivity index (χ2n) is 6.91. The van der Waals surface area contributed by atoms with Crippen molar-refractivity contribution in [2.75, 3.05) is 61.5 Å². The molecule has 0 radical (unpaired) electrons. The van der Waals surface area contributed by atoms with Crippen LogP contribution in [0.25, 0.3) is 11.4 Å². The number of nitrogen functional groups attached to an aromatic ring is 1. The zero-order valence-electron chi connectivity index (χ0n) is 15.0. The molecular weight excluding hydrogens is 348 g/mol. The molecule has 4 heterocycles. The zero-order valence-corrected chi connectivity index (χ0v) is 15.0. The molecule has 2 aromatic rings. The van der Waals surface area contributed by atoms with Gasteiger partial charge in [-0.25, -0.2) is 0 Å². The summed E-state index contributed by atoms with van der Waals surface area (Å²) in [5.41, 5.74) is 7.45. The minimum atomic E-state index is -0.215. The fourth-order valence-corrected chi connectivity index (χ4v) is 3.52. The van der Waals surface area contributed by atoms with Crippen LogP contribution in [0.3, 0.4) is 0 Å². The normalized spacial score (nSPS) is 25.0. The number of nitrogens with two attached hydrogens (primary N) is 1. The van der Waals surface area contributed by atoms with Gasteiger partial charge in [0.05, 0.1) is 26.4 Å². The minimum Gasteiger partial charge on any atom is -0.399 e. The number of ether oxygens (including phenoxy) is 3. The summed E-state index contributed by atoms with van der Waals surface area (Å²) in [4.78, 5) is 18.5. The summed E-state index contributed by atoms with van der Waals surface area (Å²) >= 11 is 0. The number of hydrogen-bond acceptors (Lipinski definition) is 9. The number of morpholine rings is 2. The second-order valence-corrected chi connectivity index (χ2v) is 6.91. The van der Waals surface area contributed by atoms with E-state index in [-0.39, 0.29) is 12.4 Å². The summed E-state index contributed by atoms with van der Waals surface area (Å²) < 4.78 is 16.8. The number of hydrogen-bond donors (Lipinski definition) is 1. The van der Waals surface area contributed by atoms with Gasteiger partial charge in [0.25, 0.3) is 0 Å². The first-order valence-corrected chi connectivity index (χ1v) is 9.21. The van der Waals surface area contributed by atoms with E-state index in [9.17, 15) is 0 Å². The molecule has 0 amide bonds. The molecule has 1 aromatic carbocycles. The molecule has 3 aliphatic heterocycles. The molecule has 0 saturated carbocycles. The Morgan fingerprint density at radius 2 is 1.67 bits per heavy atom. The molecule has 142 valence electrons. The maximum atomic E-state index is 5.82. The van der Waals surface area contributed by atoms with Crippen molar-refractivity contribution in [3.63, 3.8) is 0 Å². The zero-order chi connectivity index (χ0) is 18.2. The molecule has 2 N–H and O–H groups in total. The maximum absolute atomic E-state index is 5.82.